The van der Waals surface area contributed by atoms with E-state index in [1.165, 1.54) is 0 Å². The van der Waals surface area contributed by atoms with Crippen LogP contribution in [-0.2, 0) is 14.9 Å². The van der Waals surface area contributed by atoms with E-state index >= 15 is 0 Å². The standard InChI is InChI=1S/C13H17NO6S/c1-8(2)12-13(21(17,18)19)14(7-11(15)16)9-5-3-4-6-10(9)20-12/h3-6,8,12-13H,7H2,1-2H3,(H,15,16)(H,17,18,19). The largest absolute Gasteiger partial charge is 0.485 e. The number of anilines is 1. The van der Waals surface area contributed by atoms with Crippen molar-refractivity contribution in [3.05, 3.63) is 24.3 Å². The van der Waals surface area contributed by atoms with Crippen LogP contribution in [0.25, 0.3) is 0 Å². The third-order valence-electron chi connectivity index (χ3n) is 3.29. The molecule has 2 rings (SSSR count). The van der Waals surface area contributed by atoms with Gasteiger partial charge in [-0.25, -0.2) is 0 Å². The number of aliphatic carboxylic acids is 1. The van der Waals surface area contributed by atoms with E-state index in [0.29, 0.717) is 11.4 Å². The molecule has 0 bridgehead atoms. The Morgan fingerprint density at radius 1 is 1.38 bits per heavy atom. The average Bonchev–Trinajstić information content (AvgIpc) is 2.36. The smallest absolute Gasteiger partial charge is 0.323 e. The molecule has 1 aliphatic heterocycles. The van der Waals surface area contributed by atoms with Gasteiger partial charge in [-0.1, -0.05) is 26.0 Å². The topological polar surface area (TPSA) is 104 Å². The van der Waals surface area contributed by atoms with E-state index in [1.807, 2.05) is 0 Å². The highest BCUT2D eigenvalue weighted by atomic mass is 32.2. The lowest BCUT2D eigenvalue weighted by Gasteiger charge is -2.42. The first kappa shape index (κ1) is 15.6. The zero-order valence-corrected chi connectivity index (χ0v) is 12.4. The van der Waals surface area contributed by atoms with Gasteiger partial charge in [0, 0.05) is 0 Å². The Balaban J connectivity index is 2.59. The van der Waals surface area contributed by atoms with Crippen LogP contribution in [0, 0.1) is 5.92 Å². The summed E-state index contributed by atoms with van der Waals surface area (Å²) in [7, 11) is -4.52. The van der Waals surface area contributed by atoms with Gasteiger partial charge >= 0.3 is 5.97 Å². The fourth-order valence-corrected chi connectivity index (χ4v) is 3.65. The lowest BCUT2D eigenvalue weighted by molar-refractivity contribution is -0.135. The second-order valence-electron chi connectivity index (χ2n) is 5.22. The number of fused-ring (bicyclic) bond motifs is 1. The highest BCUT2D eigenvalue weighted by molar-refractivity contribution is 7.86. The second kappa shape index (κ2) is 5.53. The molecule has 0 fully saturated rings. The number of benzene rings is 1. The molecule has 1 aromatic carbocycles. The number of carboxylic acid groups (broad SMARTS) is 1. The molecule has 2 N–H and O–H groups in total. The number of rotatable bonds is 4. The van der Waals surface area contributed by atoms with Crippen LogP contribution in [0.5, 0.6) is 5.75 Å². The molecule has 116 valence electrons. The van der Waals surface area contributed by atoms with Gasteiger partial charge in [0.1, 0.15) is 18.4 Å². The minimum atomic E-state index is -4.52. The number of carboxylic acids is 1. The molecular weight excluding hydrogens is 298 g/mol. The van der Waals surface area contributed by atoms with Gasteiger partial charge in [-0.05, 0) is 18.1 Å². The molecule has 0 spiro atoms. The van der Waals surface area contributed by atoms with Crippen LogP contribution < -0.4 is 9.64 Å². The van der Waals surface area contributed by atoms with Crippen molar-refractivity contribution in [2.45, 2.75) is 25.3 Å². The molecule has 2 unspecified atom stereocenters. The quantitative estimate of drug-likeness (QED) is 0.805. The minimum absolute atomic E-state index is 0.235. The highest BCUT2D eigenvalue weighted by Gasteiger charge is 2.45. The fraction of sp³-hybridized carbons (Fsp3) is 0.462. The molecule has 0 aliphatic carbocycles. The Morgan fingerprint density at radius 3 is 2.52 bits per heavy atom. The number of hydrogen-bond donors (Lipinski definition) is 2. The van der Waals surface area contributed by atoms with Gasteiger partial charge in [0.15, 0.2) is 5.37 Å². The van der Waals surface area contributed by atoms with Crippen molar-refractivity contribution in [2.24, 2.45) is 5.92 Å². The van der Waals surface area contributed by atoms with Crippen LogP contribution in [0.1, 0.15) is 13.8 Å². The molecule has 0 saturated carbocycles. The van der Waals surface area contributed by atoms with Crippen LogP contribution in [0.4, 0.5) is 5.69 Å². The first-order valence-corrected chi connectivity index (χ1v) is 7.92. The van der Waals surface area contributed by atoms with E-state index in [9.17, 15) is 17.8 Å². The molecule has 2 atom stereocenters. The number of para-hydroxylation sites is 2. The summed E-state index contributed by atoms with van der Waals surface area (Å²) in [6.45, 7) is 2.94. The molecule has 0 aromatic heterocycles. The summed E-state index contributed by atoms with van der Waals surface area (Å²) in [5.41, 5.74) is 0.333. The fourth-order valence-electron chi connectivity index (χ4n) is 2.43. The van der Waals surface area contributed by atoms with Crippen molar-refractivity contribution >= 4 is 21.8 Å². The van der Waals surface area contributed by atoms with E-state index in [2.05, 4.69) is 0 Å². The second-order valence-corrected chi connectivity index (χ2v) is 6.73. The highest BCUT2D eigenvalue weighted by Crippen LogP contribution is 2.39. The lowest BCUT2D eigenvalue weighted by Crippen LogP contribution is -2.57. The Kier molecular flexibility index (Phi) is 4.11. The number of carbonyl (C=O) groups is 1. The third kappa shape index (κ3) is 3.11. The van der Waals surface area contributed by atoms with Gasteiger partial charge < -0.3 is 14.7 Å². The van der Waals surface area contributed by atoms with E-state index in [1.54, 1.807) is 38.1 Å². The third-order valence-corrected chi connectivity index (χ3v) is 4.43. The molecule has 1 aliphatic rings. The van der Waals surface area contributed by atoms with E-state index < -0.39 is 34.1 Å². The summed E-state index contributed by atoms with van der Waals surface area (Å²) in [5.74, 6) is -1.03. The maximum absolute atomic E-state index is 11.7. The maximum Gasteiger partial charge on any atom is 0.323 e. The number of ether oxygens (including phenoxy) is 1. The van der Waals surface area contributed by atoms with E-state index in [-0.39, 0.29) is 5.92 Å². The van der Waals surface area contributed by atoms with Gasteiger partial charge in [-0.15, -0.1) is 0 Å². The molecule has 21 heavy (non-hydrogen) atoms. The molecule has 0 radical (unpaired) electrons. The Labute approximate surface area is 122 Å². The first-order valence-electron chi connectivity index (χ1n) is 6.42. The molecule has 0 amide bonds. The summed E-state index contributed by atoms with van der Waals surface area (Å²) < 4.78 is 38.7. The first-order chi connectivity index (χ1) is 9.71. The number of nitrogens with zero attached hydrogens (tertiary/aromatic N) is 1. The average molecular weight is 315 g/mol. The van der Waals surface area contributed by atoms with Gasteiger partial charge in [-0.2, -0.15) is 8.42 Å². The molecule has 1 aromatic rings. The van der Waals surface area contributed by atoms with Crippen LogP contribution in [0.3, 0.4) is 0 Å². The zero-order chi connectivity index (χ0) is 15.8. The summed E-state index contributed by atoms with van der Waals surface area (Å²) in [6.07, 6.45) is -0.866. The summed E-state index contributed by atoms with van der Waals surface area (Å²) >= 11 is 0. The van der Waals surface area contributed by atoms with Crippen molar-refractivity contribution in [3.8, 4) is 5.75 Å². The van der Waals surface area contributed by atoms with E-state index in [4.69, 9.17) is 9.84 Å². The van der Waals surface area contributed by atoms with Gasteiger partial charge in [-0.3, -0.25) is 9.35 Å². The van der Waals surface area contributed by atoms with Crippen molar-refractivity contribution in [2.75, 3.05) is 11.4 Å². The molecule has 1 heterocycles. The van der Waals surface area contributed by atoms with Gasteiger partial charge in [0.2, 0.25) is 0 Å². The van der Waals surface area contributed by atoms with Gasteiger partial charge in [0.05, 0.1) is 5.69 Å². The van der Waals surface area contributed by atoms with Crippen molar-refractivity contribution in [1.29, 1.82) is 0 Å². The van der Waals surface area contributed by atoms with Crippen molar-refractivity contribution in [3.63, 3.8) is 0 Å². The maximum atomic E-state index is 11.7. The van der Waals surface area contributed by atoms with Crippen LogP contribution in [-0.4, -0.2) is 42.1 Å². The monoisotopic (exact) mass is 315 g/mol. The Bertz CT molecular complexity index is 642. The molecule has 7 nitrogen and oxygen atoms in total. The van der Waals surface area contributed by atoms with Crippen molar-refractivity contribution < 1.29 is 27.6 Å². The van der Waals surface area contributed by atoms with Gasteiger partial charge in [0.25, 0.3) is 10.1 Å². The predicted molar refractivity (Wildman–Crippen MR) is 76.0 cm³/mol. The minimum Gasteiger partial charge on any atom is -0.485 e. The van der Waals surface area contributed by atoms with Crippen LogP contribution in [0.2, 0.25) is 0 Å². The van der Waals surface area contributed by atoms with Crippen LogP contribution in [0.15, 0.2) is 24.3 Å². The lowest BCUT2D eigenvalue weighted by atomic mass is 10.0. The molecular formula is C13H17NO6S. The Hall–Kier alpha value is -1.80. The molecule has 0 saturated heterocycles. The zero-order valence-electron chi connectivity index (χ0n) is 11.6. The summed E-state index contributed by atoms with van der Waals surface area (Å²) in [4.78, 5) is 12.2. The SMILES string of the molecule is CC(C)C1Oc2ccccc2N(CC(=O)O)C1S(=O)(=O)O. The molecule has 8 heteroatoms. The summed E-state index contributed by atoms with van der Waals surface area (Å²) in [5, 5.41) is 7.59. The normalized spacial score (nSPS) is 21.8. The Morgan fingerprint density at radius 2 is 2.00 bits per heavy atom. The predicted octanol–water partition coefficient (Wildman–Crippen LogP) is 1.21. The van der Waals surface area contributed by atoms with Crippen molar-refractivity contribution in [1.82, 2.24) is 0 Å². The van der Waals surface area contributed by atoms with E-state index in [0.717, 1.165) is 4.90 Å². The van der Waals surface area contributed by atoms with Crippen LogP contribution >= 0.6 is 0 Å². The summed E-state index contributed by atoms with van der Waals surface area (Å²) in [6, 6.07) is 6.56. The number of hydrogen-bond acceptors (Lipinski definition) is 5.